The molecule has 0 saturated carbocycles. The van der Waals surface area contributed by atoms with Crippen molar-refractivity contribution in [1.29, 1.82) is 0 Å². The highest BCUT2D eigenvalue weighted by Gasteiger charge is 2.11. The Hall–Kier alpha value is -2.69. The van der Waals surface area contributed by atoms with Gasteiger partial charge in [0.2, 0.25) is 0 Å². The van der Waals surface area contributed by atoms with Gasteiger partial charge in [-0.3, -0.25) is 4.79 Å². The zero-order chi connectivity index (χ0) is 19.8. The van der Waals surface area contributed by atoms with Crippen molar-refractivity contribution in [3.63, 3.8) is 0 Å². The predicted molar refractivity (Wildman–Crippen MR) is 108 cm³/mol. The Morgan fingerprint density at radius 2 is 1.63 bits per heavy atom. The second kappa shape index (κ2) is 9.86. The zero-order valence-electron chi connectivity index (χ0n) is 16.8. The van der Waals surface area contributed by atoms with E-state index in [0.29, 0.717) is 36.3 Å². The second-order valence-electron chi connectivity index (χ2n) is 6.54. The van der Waals surface area contributed by atoms with E-state index in [1.54, 1.807) is 18.2 Å². The van der Waals surface area contributed by atoms with Gasteiger partial charge in [0.05, 0.1) is 13.2 Å². The van der Waals surface area contributed by atoms with Crippen LogP contribution in [-0.4, -0.2) is 25.7 Å². The summed E-state index contributed by atoms with van der Waals surface area (Å²) >= 11 is 0. The maximum absolute atomic E-state index is 12.3. The van der Waals surface area contributed by atoms with Crippen LogP contribution in [0, 0.1) is 6.92 Å². The molecule has 0 bridgehead atoms. The molecule has 2 aromatic rings. The third-order valence-corrected chi connectivity index (χ3v) is 4.06. The Morgan fingerprint density at radius 3 is 2.30 bits per heavy atom. The molecule has 5 heteroatoms. The molecule has 0 aliphatic rings. The summed E-state index contributed by atoms with van der Waals surface area (Å²) in [5.41, 5.74) is 2.83. The Morgan fingerprint density at radius 1 is 0.926 bits per heavy atom. The first-order valence-electron chi connectivity index (χ1n) is 9.37. The van der Waals surface area contributed by atoms with Crippen molar-refractivity contribution in [2.24, 2.45) is 0 Å². The fourth-order valence-corrected chi connectivity index (χ4v) is 2.60. The number of carbonyl (C=O) groups is 1. The minimum absolute atomic E-state index is 0.0560. The summed E-state index contributed by atoms with van der Waals surface area (Å²) in [4.78, 5) is 12.3. The molecule has 0 atom stereocenters. The topological polar surface area (TPSA) is 56.8 Å². The van der Waals surface area contributed by atoms with Crippen LogP contribution in [-0.2, 0) is 4.79 Å². The Kier molecular flexibility index (Phi) is 7.53. The maximum Gasteiger partial charge on any atom is 0.262 e. The van der Waals surface area contributed by atoms with Crippen LogP contribution >= 0.6 is 0 Å². The standard InChI is InChI=1S/C22H29NO4/c1-6-25-19-11-10-18(13-21(19)26-7-2)23-22(24)14-27-20-12-17(15(3)4)9-8-16(20)5/h8-13,15H,6-7,14H2,1-5H3,(H,23,24). The van der Waals surface area contributed by atoms with Gasteiger partial charge >= 0.3 is 0 Å². The lowest BCUT2D eigenvalue weighted by Gasteiger charge is -2.14. The average Bonchev–Trinajstić information content (AvgIpc) is 2.63. The first-order chi connectivity index (χ1) is 12.9. The summed E-state index contributed by atoms with van der Waals surface area (Å²) in [5.74, 6) is 2.19. The highest BCUT2D eigenvalue weighted by atomic mass is 16.5. The van der Waals surface area contributed by atoms with Crippen LogP contribution in [0.1, 0.15) is 44.7 Å². The van der Waals surface area contributed by atoms with Crippen LogP contribution in [0.2, 0.25) is 0 Å². The van der Waals surface area contributed by atoms with Gasteiger partial charge in [-0.15, -0.1) is 0 Å². The molecule has 0 unspecified atom stereocenters. The largest absolute Gasteiger partial charge is 0.490 e. The van der Waals surface area contributed by atoms with Crippen molar-refractivity contribution < 1.29 is 19.0 Å². The van der Waals surface area contributed by atoms with E-state index in [4.69, 9.17) is 14.2 Å². The Labute approximate surface area is 161 Å². The quantitative estimate of drug-likeness (QED) is 0.679. The van der Waals surface area contributed by atoms with Crippen LogP contribution in [0.15, 0.2) is 36.4 Å². The summed E-state index contributed by atoms with van der Waals surface area (Å²) in [5, 5.41) is 2.84. The van der Waals surface area contributed by atoms with E-state index < -0.39 is 0 Å². The number of benzene rings is 2. The lowest BCUT2D eigenvalue weighted by molar-refractivity contribution is -0.118. The molecule has 2 aromatic carbocycles. The van der Waals surface area contributed by atoms with E-state index >= 15 is 0 Å². The van der Waals surface area contributed by atoms with Gasteiger partial charge in [-0.1, -0.05) is 26.0 Å². The fourth-order valence-electron chi connectivity index (χ4n) is 2.60. The van der Waals surface area contributed by atoms with Gasteiger partial charge in [0, 0.05) is 11.8 Å². The molecule has 0 spiro atoms. The van der Waals surface area contributed by atoms with Crippen molar-refractivity contribution in [3.05, 3.63) is 47.5 Å². The third-order valence-electron chi connectivity index (χ3n) is 4.06. The monoisotopic (exact) mass is 371 g/mol. The molecule has 0 aromatic heterocycles. The molecule has 0 saturated heterocycles. The van der Waals surface area contributed by atoms with Crippen molar-refractivity contribution in [1.82, 2.24) is 0 Å². The molecule has 1 amide bonds. The lowest BCUT2D eigenvalue weighted by atomic mass is 10.0. The van der Waals surface area contributed by atoms with Crippen molar-refractivity contribution >= 4 is 11.6 Å². The van der Waals surface area contributed by atoms with E-state index in [2.05, 4.69) is 25.2 Å². The molecule has 1 N–H and O–H groups in total. The van der Waals surface area contributed by atoms with Gasteiger partial charge in [0.1, 0.15) is 5.75 Å². The van der Waals surface area contributed by atoms with Crippen LogP contribution in [0.3, 0.4) is 0 Å². The highest BCUT2D eigenvalue weighted by molar-refractivity contribution is 5.92. The highest BCUT2D eigenvalue weighted by Crippen LogP contribution is 2.30. The predicted octanol–water partition coefficient (Wildman–Crippen LogP) is 4.93. The fraction of sp³-hybridized carbons (Fsp3) is 0.409. The summed E-state index contributed by atoms with van der Waals surface area (Å²) in [6.07, 6.45) is 0. The van der Waals surface area contributed by atoms with Crippen LogP contribution in [0.4, 0.5) is 5.69 Å². The van der Waals surface area contributed by atoms with E-state index in [0.717, 1.165) is 11.3 Å². The van der Waals surface area contributed by atoms with Crippen molar-refractivity contribution in [3.8, 4) is 17.2 Å². The first kappa shape index (κ1) is 20.6. The molecule has 0 aliphatic carbocycles. The summed E-state index contributed by atoms with van der Waals surface area (Å²) in [6, 6.07) is 11.4. The maximum atomic E-state index is 12.3. The van der Waals surface area contributed by atoms with Gasteiger partial charge in [-0.2, -0.15) is 0 Å². The summed E-state index contributed by atoms with van der Waals surface area (Å²) < 4.78 is 16.9. The number of anilines is 1. The normalized spacial score (nSPS) is 10.6. The second-order valence-corrected chi connectivity index (χ2v) is 6.54. The molecule has 2 rings (SSSR count). The zero-order valence-corrected chi connectivity index (χ0v) is 16.8. The third kappa shape index (κ3) is 5.91. The van der Waals surface area contributed by atoms with Crippen LogP contribution in [0.25, 0.3) is 0 Å². The minimum Gasteiger partial charge on any atom is -0.490 e. The number of nitrogens with one attached hydrogen (secondary N) is 1. The number of aryl methyl sites for hydroxylation is 1. The number of hydrogen-bond acceptors (Lipinski definition) is 4. The number of hydrogen-bond donors (Lipinski definition) is 1. The molecule has 0 fully saturated rings. The van der Waals surface area contributed by atoms with Crippen LogP contribution in [0.5, 0.6) is 17.2 Å². The molecular formula is C22H29NO4. The van der Waals surface area contributed by atoms with Gasteiger partial charge in [0.25, 0.3) is 5.91 Å². The van der Waals surface area contributed by atoms with E-state index in [1.807, 2.05) is 32.9 Å². The van der Waals surface area contributed by atoms with E-state index in [-0.39, 0.29) is 12.5 Å². The van der Waals surface area contributed by atoms with Gasteiger partial charge in [-0.05, 0) is 56.0 Å². The molecule has 0 radical (unpaired) electrons. The smallest absolute Gasteiger partial charge is 0.262 e. The van der Waals surface area contributed by atoms with Crippen molar-refractivity contribution in [2.45, 2.75) is 40.5 Å². The number of amides is 1. The number of ether oxygens (including phenoxy) is 3. The van der Waals surface area contributed by atoms with Gasteiger partial charge in [0.15, 0.2) is 18.1 Å². The Balaban J connectivity index is 2.01. The molecule has 0 heterocycles. The molecule has 0 aliphatic heterocycles. The molecule has 146 valence electrons. The van der Waals surface area contributed by atoms with E-state index in [9.17, 15) is 4.79 Å². The minimum atomic E-state index is -0.226. The summed E-state index contributed by atoms with van der Waals surface area (Å²) in [7, 11) is 0. The van der Waals surface area contributed by atoms with Gasteiger partial charge in [-0.25, -0.2) is 0 Å². The molecular weight excluding hydrogens is 342 g/mol. The van der Waals surface area contributed by atoms with Crippen LogP contribution < -0.4 is 19.5 Å². The van der Waals surface area contributed by atoms with Gasteiger partial charge < -0.3 is 19.5 Å². The molecule has 27 heavy (non-hydrogen) atoms. The summed E-state index contributed by atoms with van der Waals surface area (Å²) in [6.45, 7) is 11.1. The number of rotatable bonds is 9. The SMILES string of the molecule is CCOc1ccc(NC(=O)COc2cc(C(C)C)ccc2C)cc1OCC. The average molecular weight is 371 g/mol. The lowest BCUT2D eigenvalue weighted by Crippen LogP contribution is -2.20. The Bertz CT molecular complexity index is 771. The number of carbonyl (C=O) groups excluding carboxylic acids is 1. The van der Waals surface area contributed by atoms with Crippen molar-refractivity contribution in [2.75, 3.05) is 25.1 Å². The molecule has 5 nitrogen and oxygen atoms in total. The first-order valence-corrected chi connectivity index (χ1v) is 9.37. The van der Waals surface area contributed by atoms with E-state index in [1.165, 1.54) is 5.56 Å².